The Morgan fingerprint density at radius 1 is 1.10 bits per heavy atom. The van der Waals surface area contributed by atoms with Gasteiger partial charge in [0.25, 0.3) is 11.8 Å². The summed E-state index contributed by atoms with van der Waals surface area (Å²) in [6, 6.07) is 5.96. The Morgan fingerprint density at radius 3 is 1.95 bits per heavy atom. The van der Waals surface area contributed by atoms with E-state index in [9.17, 15) is 27.9 Å². The molecule has 1 N–H and O–H groups in total. The number of halogens is 3. The van der Waals surface area contributed by atoms with Crippen molar-refractivity contribution >= 4 is 11.8 Å². The standard InChI is InChI=1S/C13H12F3NO3/c1-12(20,6-13(14,15)16)7-17-10(18)8-4-2-3-5-9(8)11(17)19/h2-5,20H,6-7H2,1H3. The second kappa shape index (κ2) is 4.59. The van der Waals surface area contributed by atoms with E-state index in [0.717, 1.165) is 6.92 Å². The van der Waals surface area contributed by atoms with Gasteiger partial charge in [-0.3, -0.25) is 14.5 Å². The quantitative estimate of drug-likeness (QED) is 0.865. The molecule has 0 aromatic heterocycles. The molecule has 7 heteroatoms. The van der Waals surface area contributed by atoms with Crippen LogP contribution in [-0.4, -0.2) is 40.1 Å². The molecule has 108 valence electrons. The van der Waals surface area contributed by atoms with Crippen LogP contribution in [0.1, 0.15) is 34.1 Å². The third-order valence-corrected chi connectivity index (χ3v) is 2.96. The fraction of sp³-hybridized carbons (Fsp3) is 0.385. The van der Waals surface area contributed by atoms with E-state index >= 15 is 0 Å². The first-order chi connectivity index (χ1) is 9.11. The number of carbonyl (C=O) groups excluding carboxylic acids is 2. The number of aliphatic hydroxyl groups is 1. The highest BCUT2D eigenvalue weighted by Gasteiger charge is 2.44. The van der Waals surface area contributed by atoms with Crippen LogP contribution < -0.4 is 0 Å². The van der Waals surface area contributed by atoms with Gasteiger partial charge in [-0.05, 0) is 19.1 Å². The van der Waals surface area contributed by atoms with Crippen LogP contribution in [0, 0.1) is 0 Å². The van der Waals surface area contributed by atoms with Gasteiger partial charge >= 0.3 is 6.18 Å². The summed E-state index contributed by atoms with van der Waals surface area (Å²) in [5, 5.41) is 9.76. The van der Waals surface area contributed by atoms with Gasteiger partial charge in [0.05, 0.1) is 29.7 Å². The number of imide groups is 1. The van der Waals surface area contributed by atoms with Crippen molar-refractivity contribution in [3.63, 3.8) is 0 Å². The van der Waals surface area contributed by atoms with Crippen LogP contribution in [0.2, 0.25) is 0 Å². The van der Waals surface area contributed by atoms with E-state index in [2.05, 4.69) is 0 Å². The van der Waals surface area contributed by atoms with Crippen LogP contribution in [0.25, 0.3) is 0 Å². The number of benzene rings is 1. The molecule has 0 radical (unpaired) electrons. The molecule has 4 nitrogen and oxygen atoms in total. The highest BCUT2D eigenvalue weighted by Crippen LogP contribution is 2.30. The zero-order valence-electron chi connectivity index (χ0n) is 10.6. The predicted molar refractivity (Wildman–Crippen MR) is 63.1 cm³/mol. The Morgan fingerprint density at radius 2 is 1.55 bits per heavy atom. The molecular weight excluding hydrogens is 275 g/mol. The smallest absolute Gasteiger partial charge is 0.388 e. The van der Waals surface area contributed by atoms with E-state index in [1.807, 2.05) is 0 Å². The molecule has 1 atom stereocenters. The Balaban J connectivity index is 2.21. The molecule has 0 fully saturated rings. The second-order valence-electron chi connectivity index (χ2n) is 5.03. The third-order valence-electron chi connectivity index (χ3n) is 2.96. The molecule has 2 amide bonds. The van der Waals surface area contributed by atoms with Crippen LogP contribution in [0.4, 0.5) is 13.2 Å². The first-order valence-corrected chi connectivity index (χ1v) is 5.85. The van der Waals surface area contributed by atoms with E-state index in [4.69, 9.17) is 0 Å². The van der Waals surface area contributed by atoms with Gasteiger partial charge in [0.1, 0.15) is 0 Å². The van der Waals surface area contributed by atoms with Crippen LogP contribution in [-0.2, 0) is 0 Å². The zero-order chi connectivity index (χ0) is 15.1. The van der Waals surface area contributed by atoms with E-state index in [0.29, 0.717) is 4.90 Å². The Labute approximate surface area is 112 Å². The van der Waals surface area contributed by atoms with Crippen LogP contribution >= 0.6 is 0 Å². The molecule has 0 bridgehead atoms. The summed E-state index contributed by atoms with van der Waals surface area (Å²) in [4.78, 5) is 24.6. The fourth-order valence-corrected chi connectivity index (χ4v) is 2.21. The van der Waals surface area contributed by atoms with Gasteiger partial charge < -0.3 is 5.11 Å². The number of rotatable bonds is 3. The minimum absolute atomic E-state index is 0.139. The van der Waals surface area contributed by atoms with Gasteiger partial charge in [0, 0.05) is 0 Å². The molecule has 0 saturated heterocycles. The first-order valence-electron chi connectivity index (χ1n) is 5.85. The van der Waals surface area contributed by atoms with E-state index in [-0.39, 0.29) is 11.1 Å². The Kier molecular flexibility index (Phi) is 3.33. The van der Waals surface area contributed by atoms with Crippen molar-refractivity contribution in [3.8, 4) is 0 Å². The second-order valence-corrected chi connectivity index (χ2v) is 5.03. The number of hydrogen-bond acceptors (Lipinski definition) is 3. The van der Waals surface area contributed by atoms with Crippen LogP contribution in [0.3, 0.4) is 0 Å². The molecule has 1 unspecified atom stereocenters. The van der Waals surface area contributed by atoms with E-state index in [1.54, 1.807) is 12.1 Å². The monoisotopic (exact) mass is 287 g/mol. The number of β-amino-alcohol motifs (C(OH)–C–C–N with tert-alkyl or cyclic N) is 1. The number of carbonyl (C=O) groups is 2. The minimum Gasteiger partial charge on any atom is -0.388 e. The fourth-order valence-electron chi connectivity index (χ4n) is 2.21. The van der Waals surface area contributed by atoms with Crippen molar-refractivity contribution < 1.29 is 27.9 Å². The number of amides is 2. The number of nitrogens with zero attached hydrogens (tertiary/aromatic N) is 1. The molecule has 1 heterocycles. The van der Waals surface area contributed by atoms with Crippen LogP contribution in [0.5, 0.6) is 0 Å². The van der Waals surface area contributed by atoms with Crippen molar-refractivity contribution in [3.05, 3.63) is 35.4 Å². The molecule has 1 aromatic carbocycles. The SMILES string of the molecule is CC(O)(CN1C(=O)c2ccccc2C1=O)CC(F)(F)F. The average Bonchev–Trinajstić information content (AvgIpc) is 2.52. The molecule has 2 rings (SSSR count). The number of hydrogen-bond donors (Lipinski definition) is 1. The topological polar surface area (TPSA) is 57.6 Å². The van der Waals surface area contributed by atoms with Crippen molar-refractivity contribution in [2.75, 3.05) is 6.54 Å². The van der Waals surface area contributed by atoms with Crippen LogP contribution in [0.15, 0.2) is 24.3 Å². The van der Waals surface area contributed by atoms with Gasteiger partial charge in [-0.15, -0.1) is 0 Å². The van der Waals surface area contributed by atoms with Crippen molar-refractivity contribution in [1.82, 2.24) is 4.90 Å². The first kappa shape index (κ1) is 14.5. The summed E-state index contributed by atoms with van der Waals surface area (Å²) in [6.07, 6.45) is -6.07. The lowest BCUT2D eigenvalue weighted by molar-refractivity contribution is -0.173. The Hall–Kier alpha value is -1.89. The minimum atomic E-state index is -4.58. The number of fused-ring (bicyclic) bond motifs is 1. The molecule has 0 saturated carbocycles. The van der Waals surface area contributed by atoms with Crippen molar-refractivity contribution in [1.29, 1.82) is 0 Å². The third kappa shape index (κ3) is 2.82. The lowest BCUT2D eigenvalue weighted by Gasteiger charge is -2.28. The van der Waals surface area contributed by atoms with Crippen molar-refractivity contribution in [2.24, 2.45) is 0 Å². The normalized spacial score (nSPS) is 18.1. The van der Waals surface area contributed by atoms with Gasteiger partial charge in [0.2, 0.25) is 0 Å². The molecule has 1 aliphatic heterocycles. The predicted octanol–water partition coefficient (Wildman–Crippen LogP) is 1.99. The maximum atomic E-state index is 12.3. The summed E-state index contributed by atoms with van der Waals surface area (Å²) in [7, 11) is 0. The summed E-state index contributed by atoms with van der Waals surface area (Å²) in [6.45, 7) is 0.253. The van der Waals surface area contributed by atoms with Gasteiger partial charge in [-0.1, -0.05) is 12.1 Å². The summed E-state index contributed by atoms with van der Waals surface area (Å²) >= 11 is 0. The highest BCUT2D eigenvalue weighted by atomic mass is 19.4. The highest BCUT2D eigenvalue weighted by molar-refractivity contribution is 6.21. The summed E-state index contributed by atoms with van der Waals surface area (Å²) in [5.74, 6) is -1.37. The molecule has 0 spiro atoms. The zero-order valence-corrected chi connectivity index (χ0v) is 10.6. The molecule has 20 heavy (non-hydrogen) atoms. The Bertz CT molecular complexity index is 531. The van der Waals surface area contributed by atoms with Crippen molar-refractivity contribution in [2.45, 2.75) is 25.1 Å². The summed E-state index contributed by atoms with van der Waals surface area (Å²) < 4.78 is 37.0. The van der Waals surface area contributed by atoms with E-state index in [1.165, 1.54) is 12.1 Å². The number of alkyl halides is 3. The maximum Gasteiger partial charge on any atom is 0.391 e. The molecule has 1 aromatic rings. The van der Waals surface area contributed by atoms with Gasteiger partial charge in [-0.25, -0.2) is 0 Å². The summed E-state index contributed by atoms with van der Waals surface area (Å²) in [5.41, 5.74) is -1.94. The molecule has 1 aliphatic rings. The molecular formula is C13H12F3NO3. The lowest BCUT2D eigenvalue weighted by atomic mass is 10.0. The maximum absolute atomic E-state index is 12.3. The molecule has 0 aliphatic carbocycles. The van der Waals surface area contributed by atoms with Gasteiger partial charge in [-0.2, -0.15) is 13.2 Å². The average molecular weight is 287 g/mol. The lowest BCUT2D eigenvalue weighted by Crippen LogP contribution is -2.46. The van der Waals surface area contributed by atoms with E-state index < -0.39 is 36.6 Å². The largest absolute Gasteiger partial charge is 0.391 e. The van der Waals surface area contributed by atoms with Gasteiger partial charge in [0.15, 0.2) is 0 Å².